The molecule has 54 heavy (non-hydrogen) atoms. The molecule has 295 valence electrons. The van der Waals surface area contributed by atoms with Crippen LogP contribution in [0.3, 0.4) is 0 Å². The third-order valence-corrected chi connectivity index (χ3v) is 7.46. The molecule has 3 amide bonds. The zero-order valence-electron chi connectivity index (χ0n) is 33.4. The van der Waals surface area contributed by atoms with Gasteiger partial charge in [-0.25, -0.2) is 9.69 Å². The van der Waals surface area contributed by atoms with Gasteiger partial charge in [0.2, 0.25) is 0 Å². The summed E-state index contributed by atoms with van der Waals surface area (Å²) in [4.78, 5) is 48.7. The van der Waals surface area contributed by atoms with Crippen molar-refractivity contribution in [1.82, 2.24) is 9.80 Å². The number of carbonyl (C=O) groups excluding carboxylic acids is 4. The number of nitrogens with zero attached hydrogens (tertiary/aromatic N) is 2. The van der Waals surface area contributed by atoms with Crippen LogP contribution in [0.4, 0.5) is 4.79 Å². The summed E-state index contributed by atoms with van der Waals surface area (Å²) < 4.78 is 5.01. The Morgan fingerprint density at radius 2 is 1.22 bits per heavy atom. The van der Waals surface area contributed by atoms with Gasteiger partial charge in [-0.15, -0.1) is 19.7 Å². The van der Waals surface area contributed by atoms with E-state index in [9.17, 15) is 29.4 Å². The van der Waals surface area contributed by atoms with Gasteiger partial charge in [-0.05, 0) is 65.4 Å². The molecule has 0 spiro atoms. The molecule has 0 aliphatic carbocycles. The van der Waals surface area contributed by atoms with E-state index in [1.54, 1.807) is 38.4 Å². The summed E-state index contributed by atoms with van der Waals surface area (Å²) in [5.74, 6) is -1.05. The van der Waals surface area contributed by atoms with Crippen LogP contribution in [0.25, 0.3) is 0 Å². The van der Waals surface area contributed by atoms with Gasteiger partial charge in [0.05, 0.1) is 6.04 Å². The summed E-state index contributed by atoms with van der Waals surface area (Å²) in [6.45, 7) is 18.2. The largest absolute Gasteiger partial charge is 2.00 e. The van der Waals surface area contributed by atoms with Crippen molar-refractivity contribution < 1.29 is 56.2 Å². The van der Waals surface area contributed by atoms with Crippen LogP contribution in [0.15, 0.2) is 103 Å². The predicted octanol–water partition coefficient (Wildman–Crippen LogP) is 2.74. The Balaban J connectivity index is -0.000000232. The number of benzene rings is 1. The molecular weight excluding hydrogens is 763 g/mol. The van der Waals surface area contributed by atoms with E-state index in [0.717, 1.165) is 40.0 Å². The smallest absolute Gasteiger partial charge is 1.00 e. The monoisotopic (exact) mass is 823 g/mol. The Labute approximate surface area is 353 Å². The summed E-state index contributed by atoms with van der Waals surface area (Å²) in [7, 11) is 3.26. The third-order valence-electron chi connectivity index (χ3n) is 7.46. The number of Topliss-reactive ketones (excluding diaryl/α,β-unsaturated/α-hetero) is 1. The molecule has 1 fully saturated rings. The van der Waals surface area contributed by atoms with Crippen LogP contribution in [-0.4, -0.2) is 125 Å². The second-order valence-corrected chi connectivity index (χ2v) is 12.4. The van der Waals surface area contributed by atoms with Gasteiger partial charge in [0.1, 0.15) is 24.9 Å². The summed E-state index contributed by atoms with van der Waals surface area (Å²) >= 11 is 0. The van der Waals surface area contributed by atoms with Gasteiger partial charge in [0, 0.05) is 35.4 Å². The quantitative estimate of drug-likeness (QED) is 0.124. The zero-order valence-corrected chi connectivity index (χ0v) is 36.4. The molecule has 0 aromatic heterocycles. The van der Waals surface area contributed by atoms with E-state index in [1.165, 1.54) is 11.8 Å². The molecule has 13 heteroatoms. The molecule has 1 heterocycles. The second kappa shape index (κ2) is 34.4. The van der Waals surface area contributed by atoms with E-state index < -0.39 is 30.3 Å². The minimum Gasteiger partial charge on any atom is -1.00 e. The van der Waals surface area contributed by atoms with Crippen LogP contribution in [0, 0.1) is 7.43 Å². The van der Waals surface area contributed by atoms with Crippen molar-refractivity contribution in [3.05, 3.63) is 116 Å². The summed E-state index contributed by atoms with van der Waals surface area (Å²) in [5.41, 5.74) is 4.27. The van der Waals surface area contributed by atoms with Gasteiger partial charge >= 0.3 is 29.1 Å². The number of rotatable bonds is 17. The topological polar surface area (TPSA) is 145 Å². The van der Waals surface area contributed by atoms with Gasteiger partial charge < -0.3 is 49.4 Å². The molecule has 1 aliphatic heterocycles. The minimum absolute atomic E-state index is 0. The number of halogens is 1. The number of allylic oxidation sites excluding steroid dienone is 6. The van der Waals surface area contributed by atoms with Crippen molar-refractivity contribution in [3.8, 4) is 0 Å². The molecule has 0 unspecified atom stereocenters. The van der Waals surface area contributed by atoms with E-state index in [2.05, 4.69) is 19.7 Å². The van der Waals surface area contributed by atoms with Crippen molar-refractivity contribution in [3.63, 3.8) is 0 Å². The minimum atomic E-state index is -1.26. The number of hydrogen-bond acceptors (Lipinski definition) is 8. The third kappa shape index (κ3) is 25.9. The van der Waals surface area contributed by atoms with Crippen molar-refractivity contribution >= 4 is 55.2 Å². The number of likely N-dealkylation sites (N-methyl/N-ethyl adjacent to an activating group) is 1. The Hall–Kier alpha value is -3.07. The molecule has 1 aliphatic rings. The van der Waals surface area contributed by atoms with Gasteiger partial charge in [0.25, 0.3) is 11.8 Å². The van der Waals surface area contributed by atoms with Crippen molar-refractivity contribution in [2.24, 2.45) is 0 Å². The number of ketones is 1. The summed E-state index contributed by atoms with van der Waals surface area (Å²) in [6.07, 6.45) is 10.9. The number of cyclic esters (lactones) is 1. The number of ether oxygens (including phenoxy) is 1. The molecule has 1 saturated heterocycles. The Bertz CT molecular complexity index is 1370. The molecule has 3 radical (unpaired) electrons. The normalized spacial score (nSPS) is 15.1. The number of hydrogen-bond donors (Lipinski definition) is 3. The maximum absolute atomic E-state index is 12.5. The average Bonchev–Trinajstić information content (AvgIpc) is 3.44. The molecule has 10 nitrogen and oxygen atoms in total. The Kier molecular flexibility index (Phi) is 38.4. The number of aliphatic hydroxyl groups is 3. The standard InChI is InChI=1S/C19H23NO4.C11H19NO2.C10H16O2.CH3.B.BrH.Mg/c1-3-7-14(2)10-11-17(21)18(22)20-16(13-24-19(20)23)12-15-8-5-4-6-9-15;1-5-6-9(2)7-8-10(13)11(14)12(3)4;1-4-5-8(2)6-7-10(12)9(3)11;;;;/h3-6,8-10,16-17,21H,1,7,11-13H2,2H3;5,7,10,13H,1,6,8H2,2-4H3;4,6,10,12H,1,5,7H2,2-3H3;1H3;;1H;/q;;;-1;;;+2/p-1/b14-10-;9-7-;8-6-;;;;/t16-,17+;2*10-;;;;/m100..../s1. The summed E-state index contributed by atoms with van der Waals surface area (Å²) in [5, 5.41) is 28.7. The first-order valence-corrected chi connectivity index (χ1v) is 16.7. The van der Waals surface area contributed by atoms with E-state index in [1.807, 2.05) is 63.3 Å². The van der Waals surface area contributed by atoms with E-state index in [-0.39, 0.29) is 86.6 Å². The first kappa shape index (κ1) is 60.2. The fourth-order valence-electron chi connectivity index (χ4n) is 4.46. The molecule has 1 aromatic rings. The Morgan fingerprint density at radius 3 is 1.61 bits per heavy atom. The fraction of sp³-hybridized carbons (Fsp3) is 0.439. The average molecular weight is 825 g/mol. The molecule has 0 saturated carbocycles. The maximum atomic E-state index is 12.5. The Morgan fingerprint density at radius 1 is 0.815 bits per heavy atom. The number of amides is 3. The van der Waals surface area contributed by atoms with Crippen molar-refractivity contribution in [2.75, 3.05) is 20.7 Å². The van der Waals surface area contributed by atoms with Crippen LogP contribution in [0.2, 0.25) is 0 Å². The molecule has 4 atom stereocenters. The van der Waals surface area contributed by atoms with Gasteiger partial charge in [0.15, 0.2) is 5.78 Å². The number of aliphatic hydroxyl groups excluding tert-OH is 3. The van der Waals surface area contributed by atoms with E-state index in [0.29, 0.717) is 25.7 Å². The SMILES string of the molecule is C=CC/C(C)=C\C[C@H](O)C(=O)N(C)C.C=CC/C(C)=C\C[C@H](O)C(=O)N1C(=O)OC[C@H]1Cc1ccccc1.C=CC/C(C)=C\C[C@H](O)C(C)=O.[B].[Br-].[CH3-].[Mg+2]. The van der Waals surface area contributed by atoms with Crippen LogP contribution in [-0.2, 0) is 25.5 Å². The van der Waals surface area contributed by atoms with E-state index >= 15 is 0 Å². The zero-order chi connectivity index (χ0) is 38.2. The van der Waals surface area contributed by atoms with Crippen LogP contribution >= 0.6 is 0 Å². The van der Waals surface area contributed by atoms with E-state index in [4.69, 9.17) is 9.84 Å². The fourth-order valence-corrected chi connectivity index (χ4v) is 4.46. The predicted molar refractivity (Wildman–Crippen MR) is 217 cm³/mol. The van der Waals surface area contributed by atoms with Crippen LogP contribution in [0.5, 0.6) is 0 Å². The van der Waals surface area contributed by atoms with Crippen molar-refractivity contribution in [1.29, 1.82) is 0 Å². The first-order chi connectivity index (χ1) is 23.6. The molecule has 0 bridgehead atoms. The molecular formula is C41H61BBrMgN2O8. The molecule has 3 N–H and O–H groups in total. The number of imide groups is 1. The van der Waals surface area contributed by atoms with Gasteiger partial charge in [-0.1, -0.05) is 83.5 Å². The molecule has 1 aromatic carbocycles. The maximum Gasteiger partial charge on any atom is 2.00 e. The van der Waals surface area contributed by atoms with Gasteiger partial charge in [-0.2, -0.15) is 0 Å². The summed E-state index contributed by atoms with van der Waals surface area (Å²) in [6, 6.07) is 9.19. The van der Waals surface area contributed by atoms with Crippen LogP contribution < -0.4 is 17.0 Å². The van der Waals surface area contributed by atoms with Gasteiger partial charge in [-0.3, -0.25) is 14.4 Å². The second-order valence-electron chi connectivity index (χ2n) is 12.4. The van der Waals surface area contributed by atoms with Crippen LogP contribution in [0.1, 0.15) is 71.8 Å². The number of carbonyl (C=O) groups is 4. The first-order valence-electron chi connectivity index (χ1n) is 16.7. The molecule has 2 rings (SSSR count). The van der Waals surface area contributed by atoms with Crippen molar-refractivity contribution in [2.45, 2.75) is 97.0 Å².